The van der Waals surface area contributed by atoms with Crippen molar-refractivity contribution in [1.82, 2.24) is 9.55 Å². The van der Waals surface area contributed by atoms with Gasteiger partial charge in [0.05, 0.1) is 47.8 Å². The number of nitriles is 1. The molecule has 1 fully saturated rings. The van der Waals surface area contributed by atoms with E-state index >= 15 is 0 Å². The molecule has 0 spiro atoms. The van der Waals surface area contributed by atoms with Gasteiger partial charge in [-0.05, 0) is 30.5 Å². The Morgan fingerprint density at radius 3 is 2.78 bits per heavy atom. The highest BCUT2D eigenvalue weighted by atomic mass is 32.2. The molecular weight excluding hydrogens is 440 g/mol. The first-order valence-electron chi connectivity index (χ1n) is 10.5. The largest absolute Gasteiger partial charge is 0.376 e. The third-order valence-corrected chi connectivity index (χ3v) is 7.02. The molecule has 0 radical (unpaired) electrons. The zero-order valence-corrected chi connectivity index (χ0v) is 19.2. The number of hydrogen-bond donors (Lipinski definition) is 1. The minimum atomic E-state index is -0.104. The molecule has 6 nitrogen and oxygen atoms in total. The quantitative estimate of drug-likeness (QED) is 0.445. The van der Waals surface area contributed by atoms with Crippen LogP contribution in [0.4, 0.5) is 5.69 Å². The van der Waals surface area contributed by atoms with E-state index in [0.717, 1.165) is 53.0 Å². The third kappa shape index (κ3) is 5.74. The molecule has 164 valence electrons. The number of benzene rings is 2. The normalized spacial score (nSPS) is 15.4. The molecule has 0 saturated carbocycles. The van der Waals surface area contributed by atoms with Gasteiger partial charge < -0.3 is 14.6 Å². The smallest absolute Gasteiger partial charge is 0.234 e. The second-order valence-electron chi connectivity index (χ2n) is 7.32. The number of amides is 1. The molecule has 32 heavy (non-hydrogen) atoms. The van der Waals surface area contributed by atoms with E-state index in [-0.39, 0.29) is 17.8 Å². The molecule has 2 aromatic carbocycles. The fourth-order valence-corrected chi connectivity index (χ4v) is 5.06. The third-order valence-electron chi connectivity index (χ3n) is 5.08. The second-order valence-corrected chi connectivity index (χ2v) is 9.28. The highest BCUT2D eigenvalue weighted by molar-refractivity contribution is 8.00. The van der Waals surface area contributed by atoms with Gasteiger partial charge >= 0.3 is 0 Å². The van der Waals surface area contributed by atoms with Crippen molar-refractivity contribution in [1.29, 1.82) is 5.26 Å². The van der Waals surface area contributed by atoms with Gasteiger partial charge in [-0.15, -0.1) is 11.8 Å². The summed E-state index contributed by atoms with van der Waals surface area (Å²) in [7, 11) is 0. The minimum absolute atomic E-state index is 0.104. The van der Waals surface area contributed by atoms with Gasteiger partial charge in [0.2, 0.25) is 5.91 Å². The van der Waals surface area contributed by atoms with Gasteiger partial charge in [0.1, 0.15) is 0 Å². The van der Waals surface area contributed by atoms with E-state index in [9.17, 15) is 4.79 Å². The number of thioether (sulfide) groups is 2. The number of nitrogens with one attached hydrogen (secondary N) is 1. The predicted molar refractivity (Wildman–Crippen MR) is 129 cm³/mol. The van der Waals surface area contributed by atoms with Crippen molar-refractivity contribution in [3.05, 3.63) is 60.8 Å². The van der Waals surface area contributed by atoms with Crippen LogP contribution in [0.15, 0.2) is 70.8 Å². The fraction of sp³-hybridized carbons (Fsp3) is 0.292. The van der Waals surface area contributed by atoms with Gasteiger partial charge in [0, 0.05) is 11.5 Å². The zero-order chi connectivity index (χ0) is 22.2. The average molecular weight is 465 g/mol. The molecular formula is C24H24N4O2S2. The van der Waals surface area contributed by atoms with E-state index < -0.39 is 0 Å². The molecule has 8 heteroatoms. The molecule has 1 atom stereocenters. The minimum Gasteiger partial charge on any atom is -0.376 e. The number of ether oxygens (including phenoxy) is 1. The van der Waals surface area contributed by atoms with Gasteiger partial charge in [-0.1, -0.05) is 54.2 Å². The number of nitrogens with zero attached hydrogens (tertiary/aromatic N) is 3. The van der Waals surface area contributed by atoms with E-state index in [2.05, 4.69) is 33.1 Å². The van der Waals surface area contributed by atoms with Crippen LogP contribution in [-0.4, -0.2) is 39.7 Å². The summed E-state index contributed by atoms with van der Waals surface area (Å²) in [5.74, 6) is 0.478. The fourth-order valence-electron chi connectivity index (χ4n) is 3.60. The summed E-state index contributed by atoms with van der Waals surface area (Å²) in [6.45, 7) is 1.52. The Hall–Kier alpha value is -2.73. The monoisotopic (exact) mass is 464 g/mol. The van der Waals surface area contributed by atoms with Gasteiger partial charge in [-0.25, -0.2) is 4.98 Å². The molecule has 2 heterocycles. The van der Waals surface area contributed by atoms with Crippen LogP contribution in [0.2, 0.25) is 0 Å². The lowest BCUT2D eigenvalue weighted by Gasteiger charge is -2.16. The molecule has 1 saturated heterocycles. The van der Waals surface area contributed by atoms with E-state index in [1.807, 2.05) is 48.7 Å². The number of carbonyl (C=O) groups is 1. The van der Waals surface area contributed by atoms with Crippen molar-refractivity contribution in [3.8, 4) is 17.3 Å². The summed E-state index contributed by atoms with van der Waals surface area (Å²) in [6, 6.07) is 19.8. The molecule has 1 aliphatic rings. The van der Waals surface area contributed by atoms with Crippen LogP contribution in [0.1, 0.15) is 12.8 Å². The van der Waals surface area contributed by atoms with E-state index in [1.54, 1.807) is 0 Å². The van der Waals surface area contributed by atoms with Crippen molar-refractivity contribution < 1.29 is 9.53 Å². The molecule has 1 unspecified atom stereocenters. The SMILES string of the molecule is N#CCSc1ccccc1NC(=O)CSc1ncc(-c2ccccc2)n1CC1CCCO1. The summed E-state index contributed by atoms with van der Waals surface area (Å²) < 4.78 is 8.03. The second kappa shape index (κ2) is 11.2. The number of rotatable bonds is 9. The highest BCUT2D eigenvalue weighted by Gasteiger charge is 2.21. The van der Waals surface area contributed by atoms with Crippen molar-refractivity contribution in [2.24, 2.45) is 0 Å². The van der Waals surface area contributed by atoms with Crippen LogP contribution >= 0.6 is 23.5 Å². The highest BCUT2D eigenvalue weighted by Crippen LogP contribution is 2.29. The van der Waals surface area contributed by atoms with Crippen LogP contribution in [-0.2, 0) is 16.1 Å². The molecule has 4 rings (SSSR count). The molecule has 3 aromatic rings. The molecule has 1 amide bonds. The lowest BCUT2D eigenvalue weighted by atomic mass is 10.1. The summed E-state index contributed by atoms with van der Waals surface area (Å²) >= 11 is 2.83. The van der Waals surface area contributed by atoms with Crippen LogP contribution in [0.3, 0.4) is 0 Å². The summed E-state index contributed by atoms with van der Waals surface area (Å²) in [5.41, 5.74) is 2.85. The lowest BCUT2D eigenvalue weighted by Crippen LogP contribution is -2.18. The van der Waals surface area contributed by atoms with Gasteiger partial charge in [0.25, 0.3) is 0 Å². The maximum absolute atomic E-state index is 12.7. The molecule has 1 aromatic heterocycles. The number of carbonyl (C=O) groups excluding carboxylic acids is 1. The number of para-hydroxylation sites is 1. The van der Waals surface area contributed by atoms with Gasteiger partial charge in [0.15, 0.2) is 5.16 Å². The Bertz CT molecular complexity index is 1090. The summed E-state index contributed by atoms with van der Waals surface area (Å²) in [4.78, 5) is 18.2. The Morgan fingerprint density at radius 2 is 2.00 bits per heavy atom. The van der Waals surface area contributed by atoms with Crippen LogP contribution in [0.25, 0.3) is 11.3 Å². The van der Waals surface area contributed by atoms with Crippen molar-refractivity contribution >= 4 is 35.1 Å². The van der Waals surface area contributed by atoms with Gasteiger partial charge in [-0.3, -0.25) is 4.79 Å². The Kier molecular flexibility index (Phi) is 7.88. The number of anilines is 1. The molecule has 1 N–H and O–H groups in total. The first kappa shape index (κ1) is 22.5. The van der Waals surface area contributed by atoms with Gasteiger partial charge in [-0.2, -0.15) is 5.26 Å². The zero-order valence-electron chi connectivity index (χ0n) is 17.6. The summed E-state index contributed by atoms with van der Waals surface area (Å²) in [6.07, 6.45) is 4.16. The topological polar surface area (TPSA) is 79.9 Å². The molecule has 1 aliphatic heterocycles. The van der Waals surface area contributed by atoms with Crippen molar-refractivity contribution in [2.75, 3.05) is 23.4 Å². The maximum Gasteiger partial charge on any atom is 0.234 e. The van der Waals surface area contributed by atoms with Crippen LogP contribution in [0, 0.1) is 11.3 Å². The first-order chi connectivity index (χ1) is 15.7. The average Bonchev–Trinajstić information content (AvgIpc) is 3.48. The maximum atomic E-state index is 12.7. The lowest BCUT2D eigenvalue weighted by molar-refractivity contribution is -0.113. The first-order valence-corrected chi connectivity index (χ1v) is 12.5. The number of hydrogen-bond acceptors (Lipinski definition) is 6. The van der Waals surface area contributed by atoms with E-state index in [0.29, 0.717) is 5.75 Å². The Labute approximate surface area is 196 Å². The Balaban J connectivity index is 1.46. The number of aromatic nitrogens is 2. The Morgan fingerprint density at radius 1 is 1.19 bits per heavy atom. The molecule has 0 bridgehead atoms. The van der Waals surface area contributed by atoms with Crippen molar-refractivity contribution in [3.63, 3.8) is 0 Å². The van der Waals surface area contributed by atoms with E-state index in [1.165, 1.54) is 23.5 Å². The predicted octanol–water partition coefficient (Wildman–Crippen LogP) is 5.08. The summed E-state index contributed by atoms with van der Waals surface area (Å²) in [5, 5.41) is 12.6. The number of imidazole rings is 1. The van der Waals surface area contributed by atoms with Crippen LogP contribution in [0.5, 0.6) is 0 Å². The molecule has 0 aliphatic carbocycles. The standard InChI is InChI=1S/C24H24N4O2S2/c25-12-14-31-22-11-5-4-10-20(22)27-23(29)17-32-24-26-15-21(18-7-2-1-3-8-18)28(24)16-19-9-6-13-30-19/h1-5,7-8,10-11,15,19H,6,9,13-14,16-17H2,(H,27,29). The van der Waals surface area contributed by atoms with Crippen molar-refractivity contribution in [2.45, 2.75) is 35.5 Å². The van der Waals surface area contributed by atoms with Crippen LogP contribution < -0.4 is 5.32 Å². The van der Waals surface area contributed by atoms with E-state index in [4.69, 9.17) is 10.00 Å².